The van der Waals surface area contributed by atoms with Gasteiger partial charge in [-0.25, -0.2) is 8.42 Å². The lowest BCUT2D eigenvalue weighted by atomic mass is 10.2. The Balaban J connectivity index is 2.35. The highest BCUT2D eigenvalue weighted by molar-refractivity contribution is 7.92. The highest BCUT2D eigenvalue weighted by Gasteiger charge is 2.23. The summed E-state index contributed by atoms with van der Waals surface area (Å²) in [6.45, 7) is 1.94. The first kappa shape index (κ1) is 16.8. The van der Waals surface area contributed by atoms with Gasteiger partial charge in [0.1, 0.15) is 5.75 Å². The molecule has 0 amide bonds. The monoisotopic (exact) mass is 335 g/mol. The molecule has 0 aliphatic rings. The molecule has 2 N–H and O–H groups in total. The van der Waals surface area contributed by atoms with Crippen LogP contribution < -0.4 is 4.31 Å². The van der Waals surface area contributed by atoms with Crippen molar-refractivity contribution in [2.75, 3.05) is 10.8 Å². The van der Waals surface area contributed by atoms with E-state index in [1.165, 1.54) is 52.8 Å². The van der Waals surface area contributed by atoms with Crippen LogP contribution in [0.5, 0.6) is 5.75 Å². The second-order valence-electron chi connectivity index (χ2n) is 4.90. The Morgan fingerprint density at radius 1 is 1.04 bits per heavy atom. The molecule has 2 aromatic rings. The number of hydrogen-bond donors (Lipinski definition) is 2. The molecule has 0 aliphatic carbocycles. The van der Waals surface area contributed by atoms with Gasteiger partial charge in [0, 0.05) is 6.54 Å². The molecule has 7 heteroatoms. The van der Waals surface area contributed by atoms with Gasteiger partial charge in [0.25, 0.3) is 10.0 Å². The molecule has 0 saturated heterocycles. The van der Waals surface area contributed by atoms with Crippen LogP contribution >= 0.6 is 0 Å². The van der Waals surface area contributed by atoms with Gasteiger partial charge in [-0.3, -0.25) is 9.10 Å². The van der Waals surface area contributed by atoms with Crippen LogP contribution in [0.3, 0.4) is 0 Å². The third-order valence-electron chi connectivity index (χ3n) is 3.29. The maximum atomic E-state index is 12.7. The minimum atomic E-state index is -3.76. The summed E-state index contributed by atoms with van der Waals surface area (Å²) < 4.78 is 26.7. The molecule has 0 unspecified atom stereocenters. The molecule has 0 fully saturated rings. The molecule has 0 radical (unpaired) electrons. The molecule has 2 aromatic carbocycles. The lowest BCUT2D eigenvalue weighted by molar-refractivity contribution is -0.136. The van der Waals surface area contributed by atoms with Crippen LogP contribution in [0.2, 0.25) is 0 Å². The Kier molecular flexibility index (Phi) is 4.90. The van der Waals surface area contributed by atoms with Crippen molar-refractivity contribution in [1.29, 1.82) is 0 Å². The van der Waals surface area contributed by atoms with Gasteiger partial charge in [0.05, 0.1) is 17.0 Å². The van der Waals surface area contributed by atoms with E-state index in [0.29, 0.717) is 11.3 Å². The molecule has 0 spiro atoms. The van der Waals surface area contributed by atoms with E-state index < -0.39 is 16.0 Å². The van der Waals surface area contributed by atoms with Crippen molar-refractivity contribution < 1.29 is 23.4 Å². The lowest BCUT2D eigenvalue weighted by Crippen LogP contribution is -2.30. The van der Waals surface area contributed by atoms with Crippen LogP contribution in [-0.2, 0) is 21.2 Å². The summed E-state index contributed by atoms with van der Waals surface area (Å²) in [7, 11) is -3.76. The van der Waals surface area contributed by atoms with Crippen LogP contribution in [0.4, 0.5) is 5.69 Å². The fraction of sp³-hybridized carbons (Fsp3) is 0.188. The van der Waals surface area contributed by atoms with E-state index in [1.807, 2.05) is 0 Å². The summed E-state index contributed by atoms with van der Waals surface area (Å²) in [5, 5.41) is 18.1. The first-order valence-electron chi connectivity index (χ1n) is 6.97. The molecule has 0 atom stereocenters. The van der Waals surface area contributed by atoms with E-state index in [0.717, 1.165) is 0 Å². The van der Waals surface area contributed by atoms with Crippen LogP contribution in [0.25, 0.3) is 0 Å². The molecule has 0 aromatic heterocycles. The zero-order chi connectivity index (χ0) is 17.0. The number of phenols is 1. The molecule has 23 heavy (non-hydrogen) atoms. The Hall–Kier alpha value is -2.54. The average Bonchev–Trinajstić information content (AvgIpc) is 2.49. The first-order chi connectivity index (χ1) is 10.8. The van der Waals surface area contributed by atoms with E-state index >= 15 is 0 Å². The van der Waals surface area contributed by atoms with Gasteiger partial charge >= 0.3 is 5.97 Å². The number of nitrogens with zero attached hydrogens (tertiary/aromatic N) is 1. The van der Waals surface area contributed by atoms with Gasteiger partial charge in [-0.2, -0.15) is 0 Å². The van der Waals surface area contributed by atoms with Crippen molar-refractivity contribution in [3.8, 4) is 5.75 Å². The number of carboxylic acid groups (broad SMARTS) is 1. The van der Waals surface area contributed by atoms with Gasteiger partial charge in [-0.15, -0.1) is 0 Å². The second kappa shape index (κ2) is 6.70. The van der Waals surface area contributed by atoms with Gasteiger partial charge in [-0.1, -0.05) is 12.1 Å². The van der Waals surface area contributed by atoms with E-state index in [2.05, 4.69) is 0 Å². The van der Waals surface area contributed by atoms with E-state index in [9.17, 15) is 18.3 Å². The fourth-order valence-corrected chi connectivity index (χ4v) is 3.67. The van der Waals surface area contributed by atoms with Gasteiger partial charge in [0.2, 0.25) is 0 Å². The number of hydrogen-bond acceptors (Lipinski definition) is 4. The van der Waals surface area contributed by atoms with E-state index in [4.69, 9.17) is 5.11 Å². The zero-order valence-corrected chi connectivity index (χ0v) is 13.3. The van der Waals surface area contributed by atoms with E-state index in [-0.39, 0.29) is 23.6 Å². The van der Waals surface area contributed by atoms with Crippen LogP contribution in [0, 0.1) is 0 Å². The van der Waals surface area contributed by atoms with Crippen LogP contribution in [-0.4, -0.2) is 31.1 Å². The SMILES string of the molecule is CCN(c1ccc(O)cc1)S(=O)(=O)c1ccc(CC(=O)O)cc1. The second-order valence-corrected chi connectivity index (χ2v) is 6.76. The molecule has 122 valence electrons. The summed E-state index contributed by atoms with van der Waals surface area (Å²) in [6, 6.07) is 11.7. The molecule has 2 rings (SSSR count). The molecular formula is C16H17NO5S. The largest absolute Gasteiger partial charge is 0.508 e. The number of phenolic OH excluding ortho intramolecular Hbond substituents is 1. The Morgan fingerprint density at radius 3 is 2.09 bits per heavy atom. The summed E-state index contributed by atoms with van der Waals surface area (Å²) in [4.78, 5) is 10.8. The van der Waals surface area contributed by atoms with Crippen LogP contribution in [0.15, 0.2) is 53.4 Å². The van der Waals surface area contributed by atoms with E-state index in [1.54, 1.807) is 6.92 Å². The fourth-order valence-electron chi connectivity index (χ4n) is 2.19. The van der Waals surface area contributed by atoms with Crippen molar-refractivity contribution in [1.82, 2.24) is 0 Å². The maximum Gasteiger partial charge on any atom is 0.307 e. The third kappa shape index (κ3) is 3.81. The summed E-state index contributed by atoms with van der Waals surface area (Å²) in [5.41, 5.74) is 0.976. The normalized spacial score (nSPS) is 11.2. The summed E-state index contributed by atoms with van der Waals surface area (Å²) >= 11 is 0. The zero-order valence-electron chi connectivity index (χ0n) is 12.5. The van der Waals surface area contributed by atoms with Crippen molar-refractivity contribution in [3.63, 3.8) is 0 Å². The summed E-state index contributed by atoms with van der Waals surface area (Å²) in [5.74, 6) is -0.917. The predicted molar refractivity (Wildman–Crippen MR) is 86.1 cm³/mol. The average molecular weight is 335 g/mol. The highest BCUT2D eigenvalue weighted by Crippen LogP contribution is 2.25. The van der Waals surface area contributed by atoms with Crippen LogP contribution in [0.1, 0.15) is 12.5 Å². The summed E-state index contributed by atoms with van der Waals surface area (Å²) in [6.07, 6.45) is -0.157. The maximum absolute atomic E-state index is 12.7. The topological polar surface area (TPSA) is 94.9 Å². The number of carbonyl (C=O) groups is 1. The van der Waals surface area contributed by atoms with Crippen molar-refractivity contribution >= 4 is 21.7 Å². The first-order valence-corrected chi connectivity index (χ1v) is 8.41. The van der Waals surface area contributed by atoms with Crippen molar-refractivity contribution in [2.45, 2.75) is 18.2 Å². The number of rotatable bonds is 6. The minimum absolute atomic E-state index is 0.0558. The Morgan fingerprint density at radius 2 is 1.61 bits per heavy atom. The minimum Gasteiger partial charge on any atom is -0.508 e. The third-order valence-corrected chi connectivity index (χ3v) is 5.21. The molecule has 6 nitrogen and oxygen atoms in total. The smallest absolute Gasteiger partial charge is 0.307 e. The van der Waals surface area contributed by atoms with Gasteiger partial charge in [0.15, 0.2) is 0 Å². The number of aliphatic carboxylic acids is 1. The molecule has 0 saturated carbocycles. The predicted octanol–water partition coefficient (Wildman–Crippen LogP) is 2.23. The lowest BCUT2D eigenvalue weighted by Gasteiger charge is -2.23. The number of sulfonamides is 1. The standard InChI is InChI=1S/C16H17NO5S/c1-2-17(13-5-7-14(18)8-6-13)23(21,22)15-9-3-12(4-10-15)11-16(19)20/h3-10,18H,2,11H2,1H3,(H,19,20). The molecule has 0 heterocycles. The Labute approximate surface area is 134 Å². The quantitative estimate of drug-likeness (QED) is 0.844. The molecule has 0 bridgehead atoms. The number of anilines is 1. The van der Waals surface area contributed by atoms with Crippen molar-refractivity contribution in [2.24, 2.45) is 0 Å². The van der Waals surface area contributed by atoms with Gasteiger partial charge in [-0.05, 0) is 48.9 Å². The number of benzene rings is 2. The van der Waals surface area contributed by atoms with Gasteiger partial charge < -0.3 is 10.2 Å². The van der Waals surface area contributed by atoms with Crippen molar-refractivity contribution in [3.05, 3.63) is 54.1 Å². The molecule has 0 aliphatic heterocycles. The number of carboxylic acids is 1. The number of aromatic hydroxyl groups is 1. The molecular weight excluding hydrogens is 318 g/mol. The Bertz CT molecular complexity index is 782. The highest BCUT2D eigenvalue weighted by atomic mass is 32.2.